The molecule has 0 bridgehead atoms. The first-order valence-corrected chi connectivity index (χ1v) is 10.2. The topological polar surface area (TPSA) is 52.0 Å². The molecule has 2 N–H and O–H groups in total. The zero-order chi connectivity index (χ0) is 20.3. The molecule has 28 heavy (non-hydrogen) atoms. The molecular formula is C25H32N2O. The predicted molar refractivity (Wildman–Crippen MR) is 119 cm³/mol. The molecule has 2 aromatic rings. The van der Waals surface area contributed by atoms with Gasteiger partial charge in [-0.15, -0.1) is 0 Å². The summed E-state index contributed by atoms with van der Waals surface area (Å²) < 4.78 is 6.11. The van der Waals surface area contributed by atoms with Crippen molar-refractivity contribution in [1.29, 1.82) is 0 Å². The van der Waals surface area contributed by atoms with E-state index in [-0.39, 0.29) is 5.41 Å². The number of rotatable bonds is 5. The maximum absolute atomic E-state index is 6.23. The highest BCUT2D eigenvalue weighted by atomic mass is 16.3. The monoisotopic (exact) mass is 376 g/mol. The fourth-order valence-electron chi connectivity index (χ4n) is 3.79. The van der Waals surface area contributed by atoms with Gasteiger partial charge in [-0.3, -0.25) is 4.98 Å². The van der Waals surface area contributed by atoms with Crippen molar-refractivity contribution in [2.24, 2.45) is 5.92 Å². The smallest absolute Gasteiger partial charge is 0.198 e. The molecule has 0 amide bonds. The van der Waals surface area contributed by atoms with Crippen molar-refractivity contribution in [1.82, 2.24) is 4.98 Å². The Kier molecular flexibility index (Phi) is 5.93. The number of nitrogens with two attached hydrogens (primary N) is 1. The summed E-state index contributed by atoms with van der Waals surface area (Å²) >= 11 is 0. The van der Waals surface area contributed by atoms with E-state index in [1.807, 2.05) is 25.3 Å². The molecular weight excluding hydrogens is 344 g/mol. The highest BCUT2D eigenvalue weighted by Crippen LogP contribution is 2.31. The second kappa shape index (κ2) is 8.22. The summed E-state index contributed by atoms with van der Waals surface area (Å²) in [6.45, 7) is 10.9. The van der Waals surface area contributed by atoms with Crippen molar-refractivity contribution in [3.8, 4) is 0 Å². The molecule has 3 rings (SSSR count). The van der Waals surface area contributed by atoms with E-state index >= 15 is 0 Å². The Labute approximate surface area is 168 Å². The van der Waals surface area contributed by atoms with Crippen LogP contribution in [-0.4, -0.2) is 4.98 Å². The van der Waals surface area contributed by atoms with Crippen LogP contribution in [0.1, 0.15) is 70.7 Å². The van der Waals surface area contributed by atoms with Crippen molar-refractivity contribution < 1.29 is 4.42 Å². The molecule has 1 unspecified atom stereocenters. The molecule has 0 aliphatic heterocycles. The van der Waals surface area contributed by atoms with Crippen molar-refractivity contribution in [3.05, 3.63) is 64.0 Å². The van der Waals surface area contributed by atoms with E-state index < -0.39 is 0 Å². The Morgan fingerprint density at radius 3 is 2.75 bits per heavy atom. The molecule has 1 atom stereocenters. The molecule has 0 saturated carbocycles. The molecule has 148 valence electrons. The van der Waals surface area contributed by atoms with Crippen LogP contribution in [0.25, 0.3) is 17.7 Å². The average molecular weight is 377 g/mol. The first-order chi connectivity index (χ1) is 13.4. The highest BCUT2D eigenvalue weighted by molar-refractivity contribution is 5.71. The Morgan fingerprint density at radius 2 is 2.07 bits per heavy atom. The molecule has 1 aliphatic carbocycles. The SMILES string of the molecule is C/C=C\c1c(N)oc2c1=CCC(CC=CCC)C=2c1cc(C(C)(C)C)ccn1. The number of aromatic nitrogens is 1. The van der Waals surface area contributed by atoms with Gasteiger partial charge in [0, 0.05) is 22.6 Å². The van der Waals surface area contributed by atoms with Crippen molar-refractivity contribution in [3.63, 3.8) is 0 Å². The fraction of sp³-hybridized carbons (Fsp3) is 0.400. The quantitative estimate of drug-likeness (QED) is 0.752. The average Bonchev–Trinajstić information content (AvgIpc) is 2.97. The van der Waals surface area contributed by atoms with Gasteiger partial charge in [-0.25, -0.2) is 0 Å². The van der Waals surface area contributed by atoms with E-state index in [0.29, 0.717) is 11.8 Å². The molecule has 2 aromatic heterocycles. The van der Waals surface area contributed by atoms with Crippen LogP contribution in [0.2, 0.25) is 0 Å². The summed E-state index contributed by atoms with van der Waals surface area (Å²) in [5.41, 5.74) is 11.6. The minimum Gasteiger partial charge on any atom is -0.440 e. The molecule has 1 aliphatic rings. The summed E-state index contributed by atoms with van der Waals surface area (Å²) in [5.74, 6) is 0.815. The minimum atomic E-state index is 0.0672. The first-order valence-electron chi connectivity index (χ1n) is 10.2. The number of allylic oxidation sites excluding steroid dienone is 3. The van der Waals surface area contributed by atoms with E-state index in [4.69, 9.17) is 15.1 Å². The molecule has 3 heteroatoms. The molecule has 3 nitrogen and oxygen atoms in total. The van der Waals surface area contributed by atoms with Gasteiger partial charge in [-0.1, -0.05) is 58.1 Å². The second-order valence-corrected chi connectivity index (χ2v) is 8.47. The number of nitrogens with zero attached hydrogens (tertiary/aromatic N) is 1. The number of furan rings is 1. The van der Waals surface area contributed by atoms with Crippen LogP contribution in [0.3, 0.4) is 0 Å². The molecule has 0 radical (unpaired) electrons. The summed E-state index contributed by atoms with van der Waals surface area (Å²) in [6.07, 6.45) is 15.7. The van der Waals surface area contributed by atoms with Gasteiger partial charge < -0.3 is 10.2 Å². The van der Waals surface area contributed by atoms with Crippen LogP contribution < -0.4 is 16.4 Å². The second-order valence-electron chi connectivity index (χ2n) is 8.47. The summed E-state index contributed by atoms with van der Waals surface area (Å²) in [7, 11) is 0. The fourth-order valence-corrected chi connectivity index (χ4v) is 3.79. The van der Waals surface area contributed by atoms with E-state index in [2.05, 4.69) is 58.1 Å². The molecule has 0 aromatic carbocycles. The first kappa shape index (κ1) is 20.2. The van der Waals surface area contributed by atoms with E-state index in [1.165, 1.54) is 11.1 Å². The lowest BCUT2D eigenvalue weighted by Crippen LogP contribution is -2.32. The number of nitrogen functional groups attached to an aromatic ring is 1. The minimum absolute atomic E-state index is 0.0672. The number of pyridine rings is 1. The lowest BCUT2D eigenvalue weighted by Gasteiger charge is -2.23. The van der Waals surface area contributed by atoms with Crippen LogP contribution in [0.4, 0.5) is 5.88 Å². The standard InChI is InChI=1S/C25H32N2O/c1-6-8-9-11-17-12-13-19-20(10-7-2)24(26)28-23(19)22(17)21-16-18(14-15-27-21)25(3,4)5/h7-10,13-17H,6,11-12,26H2,1-5H3/b9-8?,10-7-. The summed E-state index contributed by atoms with van der Waals surface area (Å²) in [5, 5.41) is 1.10. The van der Waals surface area contributed by atoms with Crippen LogP contribution in [-0.2, 0) is 5.41 Å². The zero-order valence-corrected chi connectivity index (χ0v) is 17.8. The lowest BCUT2D eigenvalue weighted by atomic mass is 9.83. The van der Waals surface area contributed by atoms with Gasteiger partial charge in [0.2, 0.25) is 0 Å². The zero-order valence-electron chi connectivity index (χ0n) is 17.8. The lowest BCUT2D eigenvalue weighted by molar-refractivity contribution is 0.531. The van der Waals surface area contributed by atoms with Gasteiger partial charge in [0.1, 0.15) is 5.42 Å². The van der Waals surface area contributed by atoms with Gasteiger partial charge >= 0.3 is 0 Å². The Hall–Kier alpha value is -2.55. The van der Waals surface area contributed by atoms with Gasteiger partial charge in [0.25, 0.3) is 0 Å². The van der Waals surface area contributed by atoms with E-state index in [0.717, 1.165) is 41.2 Å². The maximum Gasteiger partial charge on any atom is 0.198 e. The number of fused-ring (bicyclic) bond motifs is 1. The highest BCUT2D eigenvalue weighted by Gasteiger charge is 2.25. The van der Waals surface area contributed by atoms with Crippen molar-refractivity contribution in [2.75, 3.05) is 5.73 Å². The molecule has 0 saturated heterocycles. The molecule has 0 spiro atoms. The van der Waals surface area contributed by atoms with Gasteiger partial charge in [0.15, 0.2) is 5.88 Å². The number of hydrogen-bond acceptors (Lipinski definition) is 3. The number of anilines is 1. The Balaban J connectivity index is 2.26. The van der Waals surface area contributed by atoms with Gasteiger partial charge in [-0.2, -0.15) is 0 Å². The summed E-state index contributed by atoms with van der Waals surface area (Å²) in [6, 6.07) is 4.32. The Bertz CT molecular complexity index is 1020. The van der Waals surface area contributed by atoms with Crippen LogP contribution in [0, 0.1) is 5.92 Å². The van der Waals surface area contributed by atoms with Crippen molar-refractivity contribution in [2.45, 2.75) is 59.3 Å². The van der Waals surface area contributed by atoms with E-state index in [9.17, 15) is 0 Å². The largest absolute Gasteiger partial charge is 0.440 e. The third kappa shape index (κ3) is 3.99. The third-order valence-corrected chi connectivity index (χ3v) is 5.33. The number of hydrogen-bond donors (Lipinski definition) is 1. The van der Waals surface area contributed by atoms with Crippen LogP contribution in [0.5, 0.6) is 0 Å². The molecule has 0 fully saturated rings. The maximum atomic E-state index is 6.23. The Morgan fingerprint density at radius 1 is 1.29 bits per heavy atom. The normalized spacial score (nSPS) is 17.3. The van der Waals surface area contributed by atoms with Crippen LogP contribution >= 0.6 is 0 Å². The van der Waals surface area contributed by atoms with Crippen molar-refractivity contribution >= 4 is 23.6 Å². The predicted octanol–water partition coefficient (Wildman–Crippen LogP) is 4.94. The van der Waals surface area contributed by atoms with Gasteiger partial charge in [0.05, 0.1) is 5.69 Å². The molecule has 2 heterocycles. The third-order valence-electron chi connectivity index (χ3n) is 5.33. The van der Waals surface area contributed by atoms with Crippen LogP contribution in [0.15, 0.2) is 41.0 Å². The van der Waals surface area contributed by atoms with E-state index in [1.54, 1.807) is 0 Å². The summed E-state index contributed by atoms with van der Waals surface area (Å²) in [4.78, 5) is 4.74. The van der Waals surface area contributed by atoms with Gasteiger partial charge in [-0.05, 0) is 55.2 Å².